The van der Waals surface area contributed by atoms with Crippen LogP contribution in [0.1, 0.15) is 69.8 Å². The molecule has 0 heterocycles. The fraction of sp³-hybridized carbons (Fsp3) is 0.700. The summed E-state index contributed by atoms with van der Waals surface area (Å²) >= 11 is 0. The summed E-state index contributed by atoms with van der Waals surface area (Å²) in [7, 11) is 0. The molecular weight excluding hydrogens is 256 g/mol. The lowest BCUT2D eigenvalue weighted by molar-refractivity contribution is 0.0146. The van der Waals surface area contributed by atoms with Crippen molar-refractivity contribution < 1.29 is 4.74 Å². The molecule has 1 heteroatoms. The molecule has 0 saturated heterocycles. The average molecular weight is 286 g/mol. The second-order valence-corrected chi connectivity index (χ2v) is 7.01. The fourth-order valence-electron chi connectivity index (χ4n) is 4.61. The zero-order chi connectivity index (χ0) is 14.5. The van der Waals surface area contributed by atoms with Gasteiger partial charge in [0.1, 0.15) is 0 Å². The third-order valence-corrected chi connectivity index (χ3v) is 5.83. The summed E-state index contributed by atoms with van der Waals surface area (Å²) < 4.78 is 5.79. The molecule has 1 aromatic carbocycles. The lowest BCUT2D eigenvalue weighted by Crippen LogP contribution is -2.28. The van der Waals surface area contributed by atoms with Gasteiger partial charge in [0, 0.05) is 6.61 Å². The maximum Gasteiger partial charge on any atom is 0.0575 e. The molecule has 0 aliphatic heterocycles. The Hall–Kier alpha value is -0.820. The van der Waals surface area contributed by atoms with Crippen LogP contribution in [0.5, 0.6) is 0 Å². The van der Waals surface area contributed by atoms with Crippen LogP contribution in [0.4, 0.5) is 0 Å². The number of benzene rings is 1. The topological polar surface area (TPSA) is 9.23 Å². The largest absolute Gasteiger partial charge is 0.379 e. The van der Waals surface area contributed by atoms with Crippen LogP contribution in [0.15, 0.2) is 30.3 Å². The first kappa shape index (κ1) is 15.1. The van der Waals surface area contributed by atoms with Gasteiger partial charge in [0.05, 0.1) is 6.10 Å². The van der Waals surface area contributed by atoms with Crippen LogP contribution in [-0.2, 0) is 4.74 Å². The van der Waals surface area contributed by atoms with Crippen LogP contribution in [-0.4, -0.2) is 12.7 Å². The molecule has 2 fully saturated rings. The Morgan fingerprint density at radius 1 is 0.810 bits per heavy atom. The van der Waals surface area contributed by atoms with Crippen molar-refractivity contribution in [1.82, 2.24) is 0 Å². The normalized spacial score (nSPS) is 33.8. The molecule has 1 aromatic rings. The van der Waals surface area contributed by atoms with Crippen molar-refractivity contribution >= 4 is 0 Å². The lowest BCUT2D eigenvalue weighted by atomic mass is 9.69. The van der Waals surface area contributed by atoms with E-state index in [-0.39, 0.29) is 0 Å². The summed E-state index contributed by atoms with van der Waals surface area (Å²) in [5.41, 5.74) is 1.57. The van der Waals surface area contributed by atoms with Crippen LogP contribution in [0.25, 0.3) is 0 Å². The van der Waals surface area contributed by atoms with Gasteiger partial charge in [-0.2, -0.15) is 0 Å². The smallest absolute Gasteiger partial charge is 0.0575 e. The highest BCUT2D eigenvalue weighted by Crippen LogP contribution is 2.43. The van der Waals surface area contributed by atoms with Crippen molar-refractivity contribution in [1.29, 1.82) is 0 Å². The summed E-state index contributed by atoms with van der Waals surface area (Å²) in [6, 6.07) is 11.1. The van der Waals surface area contributed by atoms with Gasteiger partial charge in [-0.05, 0) is 81.6 Å². The predicted octanol–water partition coefficient (Wildman–Crippen LogP) is 5.56. The van der Waals surface area contributed by atoms with E-state index >= 15 is 0 Å². The van der Waals surface area contributed by atoms with Gasteiger partial charge < -0.3 is 4.74 Å². The molecule has 0 N–H and O–H groups in total. The quantitative estimate of drug-likeness (QED) is 0.704. The Balaban J connectivity index is 1.46. The molecule has 2 aliphatic carbocycles. The van der Waals surface area contributed by atoms with E-state index in [1.165, 1.54) is 51.4 Å². The Morgan fingerprint density at radius 3 is 1.95 bits per heavy atom. The van der Waals surface area contributed by atoms with E-state index < -0.39 is 0 Å². The minimum absolute atomic E-state index is 0.562. The van der Waals surface area contributed by atoms with Crippen LogP contribution in [0.2, 0.25) is 0 Å². The van der Waals surface area contributed by atoms with E-state index in [1.54, 1.807) is 5.56 Å². The van der Waals surface area contributed by atoms with Crippen LogP contribution in [0, 0.1) is 11.8 Å². The van der Waals surface area contributed by atoms with E-state index in [9.17, 15) is 0 Å². The zero-order valence-electron chi connectivity index (χ0n) is 13.5. The van der Waals surface area contributed by atoms with Crippen LogP contribution < -0.4 is 0 Å². The lowest BCUT2D eigenvalue weighted by Gasteiger charge is -2.37. The first-order chi connectivity index (χ1) is 10.4. The second kappa shape index (κ2) is 7.45. The molecule has 0 aromatic heterocycles. The molecule has 2 aliphatic rings. The average Bonchev–Trinajstić information content (AvgIpc) is 2.57. The van der Waals surface area contributed by atoms with Crippen molar-refractivity contribution in [3.05, 3.63) is 35.9 Å². The van der Waals surface area contributed by atoms with E-state index in [2.05, 4.69) is 37.3 Å². The van der Waals surface area contributed by atoms with Gasteiger partial charge in [-0.3, -0.25) is 0 Å². The maximum atomic E-state index is 5.79. The second-order valence-electron chi connectivity index (χ2n) is 7.01. The van der Waals surface area contributed by atoms with Crippen LogP contribution in [0.3, 0.4) is 0 Å². The van der Waals surface area contributed by atoms with Crippen molar-refractivity contribution in [2.24, 2.45) is 11.8 Å². The summed E-state index contributed by atoms with van der Waals surface area (Å²) in [4.78, 5) is 0. The first-order valence-electron chi connectivity index (χ1n) is 9.03. The molecule has 116 valence electrons. The molecule has 3 rings (SSSR count). The number of hydrogen-bond acceptors (Lipinski definition) is 1. The third kappa shape index (κ3) is 3.88. The predicted molar refractivity (Wildman–Crippen MR) is 88.5 cm³/mol. The van der Waals surface area contributed by atoms with E-state index in [1.807, 2.05) is 0 Å². The summed E-state index contributed by atoms with van der Waals surface area (Å²) in [6.07, 6.45) is 11.7. The van der Waals surface area contributed by atoms with E-state index in [4.69, 9.17) is 4.74 Å². The maximum absolute atomic E-state index is 5.79. The number of hydrogen-bond donors (Lipinski definition) is 0. The number of ether oxygens (including phenoxy) is 1. The molecular formula is C20H30O. The molecule has 0 spiro atoms. The van der Waals surface area contributed by atoms with Crippen molar-refractivity contribution in [2.75, 3.05) is 6.61 Å². The molecule has 21 heavy (non-hydrogen) atoms. The highest BCUT2D eigenvalue weighted by atomic mass is 16.5. The zero-order valence-corrected chi connectivity index (χ0v) is 13.5. The molecule has 0 bridgehead atoms. The third-order valence-electron chi connectivity index (χ3n) is 5.83. The SMILES string of the molecule is CCOC1CCC(C2CCC(c3ccccc3)CC2)CC1. The molecule has 1 nitrogen and oxygen atoms in total. The van der Waals surface area contributed by atoms with Gasteiger partial charge in [0.25, 0.3) is 0 Å². The van der Waals surface area contributed by atoms with Gasteiger partial charge in [-0.15, -0.1) is 0 Å². The highest BCUT2D eigenvalue weighted by molar-refractivity contribution is 5.19. The van der Waals surface area contributed by atoms with Gasteiger partial charge in [-0.25, -0.2) is 0 Å². The van der Waals surface area contributed by atoms with E-state index in [0.717, 1.165) is 24.4 Å². The minimum atomic E-state index is 0.562. The minimum Gasteiger partial charge on any atom is -0.379 e. The molecule has 0 radical (unpaired) electrons. The Labute approximate surface area is 130 Å². The van der Waals surface area contributed by atoms with Crippen LogP contribution >= 0.6 is 0 Å². The summed E-state index contributed by atoms with van der Waals surface area (Å²) in [6.45, 7) is 3.01. The Bertz CT molecular complexity index is 397. The molecule has 0 amide bonds. The van der Waals surface area contributed by atoms with Crippen molar-refractivity contribution in [2.45, 2.75) is 70.3 Å². The standard InChI is InChI=1S/C20H30O/c1-2-21-20-14-12-19(13-15-20)18-10-8-17(9-11-18)16-6-4-3-5-7-16/h3-7,17-20H,2,8-15H2,1H3. The molecule has 2 saturated carbocycles. The Kier molecular flexibility index (Phi) is 5.35. The van der Waals surface area contributed by atoms with Gasteiger partial charge in [0.2, 0.25) is 0 Å². The monoisotopic (exact) mass is 286 g/mol. The summed E-state index contributed by atoms with van der Waals surface area (Å²) in [5.74, 6) is 2.80. The Morgan fingerprint density at radius 2 is 1.38 bits per heavy atom. The van der Waals surface area contributed by atoms with Gasteiger partial charge in [-0.1, -0.05) is 30.3 Å². The molecule has 0 unspecified atom stereocenters. The van der Waals surface area contributed by atoms with Gasteiger partial charge in [0.15, 0.2) is 0 Å². The first-order valence-corrected chi connectivity index (χ1v) is 9.03. The van der Waals surface area contributed by atoms with E-state index in [0.29, 0.717) is 6.10 Å². The van der Waals surface area contributed by atoms with Crippen molar-refractivity contribution in [3.63, 3.8) is 0 Å². The molecule has 0 atom stereocenters. The number of rotatable bonds is 4. The van der Waals surface area contributed by atoms with Gasteiger partial charge >= 0.3 is 0 Å². The highest BCUT2D eigenvalue weighted by Gasteiger charge is 2.31. The van der Waals surface area contributed by atoms with Crippen molar-refractivity contribution in [3.8, 4) is 0 Å². The fourth-order valence-corrected chi connectivity index (χ4v) is 4.61. The summed E-state index contributed by atoms with van der Waals surface area (Å²) in [5, 5.41) is 0.